The molecule has 1 aliphatic heterocycles. The minimum atomic E-state index is -5.14. The molecule has 174 valence electrons. The molecule has 2 aromatic carbocycles. The van der Waals surface area contributed by atoms with Crippen LogP contribution in [0.25, 0.3) is 0 Å². The molecule has 1 aromatic heterocycles. The molecule has 0 radical (unpaired) electrons. The summed E-state index contributed by atoms with van der Waals surface area (Å²) >= 11 is 0. The molecule has 4 atom stereocenters. The van der Waals surface area contributed by atoms with Crippen molar-refractivity contribution < 1.29 is 36.0 Å². The smallest absolute Gasteiger partial charge is 0.363 e. The number of nitrogens with zero attached hydrogens (tertiary/aromatic N) is 4. The highest BCUT2D eigenvalue weighted by Gasteiger charge is 2.71. The van der Waals surface area contributed by atoms with Crippen LogP contribution in [0.4, 0.5) is 22.0 Å². The van der Waals surface area contributed by atoms with Crippen molar-refractivity contribution in [3.63, 3.8) is 0 Å². The summed E-state index contributed by atoms with van der Waals surface area (Å²) in [7, 11) is 0. The molecule has 0 aliphatic carbocycles. The summed E-state index contributed by atoms with van der Waals surface area (Å²) < 4.78 is 78.4. The van der Waals surface area contributed by atoms with Gasteiger partial charge in [-0.05, 0) is 31.2 Å². The average Bonchev–Trinajstić information content (AvgIpc) is 3.28. The first-order chi connectivity index (χ1) is 15.7. The molecule has 0 N–H and O–H groups in total. The van der Waals surface area contributed by atoms with E-state index in [-0.39, 0.29) is 12.1 Å². The van der Waals surface area contributed by atoms with E-state index in [2.05, 4.69) is 10.1 Å². The second kappa shape index (κ2) is 8.64. The normalized spacial score (nSPS) is 25.7. The first-order valence-electron chi connectivity index (χ1n) is 10.1. The zero-order valence-electron chi connectivity index (χ0n) is 17.4. The van der Waals surface area contributed by atoms with Gasteiger partial charge in [0.05, 0.1) is 12.1 Å². The SMILES string of the molecule is CC1C(Cn2cncn2)OCC(c2ccc(F)cc2F)[N+]1(C(=O)c1ccccc1)C(F)(F)F. The maximum atomic E-state index is 15.0. The molecule has 0 saturated carbocycles. The van der Waals surface area contributed by atoms with Gasteiger partial charge in [-0.1, -0.05) is 18.2 Å². The fourth-order valence-corrected chi connectivity index (χ4v) is 4.46. The van der Waals surface area contributed by atoms with Crippen molar-refractivity contribution in [2.75, 3.05) is 6.61 Å². The van der Waals surface area contributed by atoms with E-state index in [0.717, 1.165) is 12.1 Å². The fraction of sp³-hybridized carbons (Fsp3) is 0.318. The number of carbonyl (C=O) groups is 1. The predicted octanol–water partition coefficient (Wildman–Crippen LogP) is 4.26. The van der Waals surface area contributed by atoms with Gasteiger partial charge >= 0.3 is 12.2 Å². The third-order valence-electron chi connectivity index (χ3n) is 6.07. The van der Waals surface area contributed by atoms with E-state index < -0.39 is 58.7 Å². The van der Waals surface area contributed by atoms with Crippen LogP contribution in [0.5, 0.6) is 0 Å². The number of benzene rings is 2. The molecule has 1 saturated heterocycles. The Hall–Kier alpha value is -3.18. The monoisotopic (exact) mass is 467 g/mol. The van der Waals surface area contributed by atoms with Crippen LogP contribution >= 0.6 is 0 Å². The zero-order valence-corrected chi connectivity index (χ0v) is 17.4. The Morgan fingerprint density at radius 3 is 2.52 bits per heavy atom. The Kier molecular flexibility index (Phi) is 6.02. The number of ether oxygens (including phenoxy) is 1. The summed E-state index contributed by atoms with van der Waals surface area (Å²) in [6.45, 7) is 0.520. The molecule has 3 aromatic rings. The Bertz CT molecular complexity index is 1120. The zero-order chi connectivity index (χ0) is 23.8. The van der Waals surface area contributed by atoms with Crippen molar-refractivity contribution in [2.45, 2.75) is 38.0 Å². The van der Waals surface area contributed by atoms with Gasteiger partial charge in [-0.15, -0.1) is 13.2 Å². The van der Waals surface area contributed by atoms with E-state index in [0.29, 0.717) is 6.07 Å². The number of hydrogen-bond acceptors (Lipinski definition) is 4. The van der Waals surface area contributed by atoms with Gasteiger partial charge in [0, 0.05) is 11.6 Å². The summed E-state index contributed by atoms with van der Waals surface area (Å²) in [6, 6.07) is 6.04. The van der Waals surface area contributed by atoms with Gasteiger partial charge in [0.2, 0.25) is 0 Å². The lowest BCUT2D eigenvalue weighted by Gasteiger charge is -2.51. The lowest BCUT2D eigenvalue weighted by molar-refractivity contribution is -1.01. The summed E-state index contributed by atoms with van der Waals surface area (Å²) in [5.41, 5.74) is -0.639. The van der Waals surface area contributed by atoms with Crippen molar-refractivity contribution in [1.29, 1.82) is 0 Å². The molecule has 11 heteroatoms. The minimum Gasteiger partial charge on any atom is -0.363 e. The molecule has 33 heavy (non-hydrogen) atoms. The van der Waals surface area contributed by atoms with Crippen LogP contribution in [0.1, 0.15) is 28.9 Å². The number of aromatic nitrogens is 3. The Morgan fingerprint density at radius 1 is 1.18 bits per heavy atom. The summed E-state index contributed by atoms with van der Waals surface area (Å²) in [6.07, 6.45) is -3.68. The highest BCUT2D eigenvalue weighted by Crippen LogP contribution is 2.49. The Labute approximate surface area is 185 Å². The fourth-order valence-electron chi connectivity index (χ4n) is 4.46. The van der Waals surface area contributed by atoms with Crippen molar-refractivity contribution in [1.82, 2.24) is 14.8 Å². The van der Waals surface area contributed by atoms with E-state index in [4.69, 9.17) is 4.74 Å². The molecule has 1 amide bonds. The summed E-state index contributed by atoms with van der Waals surface area (Å²) in [4.78, 5) is 17.4. The highest BCUT2D eigenvalue weighted by molar-refractivity contribution is 5.89. The second-order valence-electron chi connectivity index (χ2n) is 7.83. The summed E-state index contributed by atoms with van der Waals surface area (Å²) in [5, 5.41) is 3.91. The third kappa shape index (κ3) is 3.91. The molecule has 1 aliphatic rings. The van der Waals surface area contributed by atoms with E-state index in [1.165, 1.54) is 48.5 Å². The maximum absolute atomic E-state index is 15.0. The van der Waals surface area contributed by atoms with Gasteiger partial charge < -0.3 is 4.74 Å². The number of quaternary nitrogens is 1. The van der Waals surface area contributed by atoms with Crippen LogP contribution in [0, 0.1) is 11.6 Å². The first kappa shape index (κ1) is 23.0. The molecular weight excluding hydrogens is 447 g/mol. The topological polar surface area (TPSA) is 57.0 Å². The second-order valence-corrected chi connectivity index (χ2v) is 7.83. The molecular formula is C22H20F5N4O2+. The Morgan fingerprint density at radius 2 is 1.91 bits per heavy atom. The molecule has 2 heterocycles. The van der Waals surface area contributed by atoms with Gasteiger partial charge in [0.25, 0.3) is 0 Å². The Balaban J connectivity index is 1.91. The van der Waals surface area contributed by atoms with Crippen molar-refractivity contribution in [2.24, 2.45) is 0 Å². The molecule has 1 fully saturated rings. The van der Waals surface area contributed by atoms with E-state index in [1.807, 2.05) is 0 Å². The average molecular weight is 467 g/mol. The van der Waals surface area contributed by atoms with Crippen LogP contribution in [-0.2, 0) is 11.3 Å². The molecule has 4 unspecified atom stereocenters. The van der Waals surface area contributed by atoms with Gasteiger partial charge in [0.15, 0.2) is 6.04 Å². The van der Waals surface area contributed by atoms with Gasteiger partial charge in [0.1, 0.15) is 43.0 Å². The molecule has 6 nitrogen and oxygen atoms in total. The number of morpholine rings is 1. The van der Waals surface area contributed by atoms with Crippen LogP contribution in [-0.4, -0.2) is 50.2 Å². The first-order valence-corrected chi connectivity index (χ1v) is 10.1. The lowest BCUT2D eigenvalue weighted by Crippen LogP contribution is -2.74. The predicted molar refractivity (Wildman–Crippen MR) is 105 cm³/mol. The molecule has 0 bridgehead atoms. The maximum Gasteiger partial charge on any atom is 0.569 e. The van der Waals surface area contributed by atoms with Crippen LogP contribution in [0.3, 0.4) is 0 Å². The number of halogens is 5. The number of alkyl halides is 3. The molecule has 4 rings (SSSR count). The lowest BCUT2D eigenvalue weighted by atomic mass is 9.93. The van der Waals surface area contributed by atoms with Gasteiger partial charge in [-0.3, -0.25) is 4.68 Å². The van der Waals surface area contributed by atoms with Crippen LogP contribution < -0.4 is 0 Å². The van der Waals surface area contributed by atoms with Gasteiger partial charge in [-0.2, -0.15) is 9.58 Å². The quantitative estimate of drug-likeness (QED) is 0.327. The van der Waals surface area contributed by atoms with Gasteiger partial charge in [-0.25, -0.2) is 18.6 Å². The number of hydrogen-bond donors (Lipinski definition) is 0. The molecule has 0 spiro atoms. The van der Waals surface area contributed by atoms with Crippen molar-refractivity contribution in [3.8, 4) is 0 Å². The minimum absolute atomic E-state index is 0.0993. The number of carbonyl (C=O) groups excluding carboxylic acids is 1. The number of rotatable bonds is 4. The highest BCUT2D eigenvalue weighted by atomic mass is 19.4. The van der Waals surface area contributed by atoms with E-state index in [9.17, 15) is 13.6 Å². The summed E-state index contributed by atoms with van der Waals surface area (Å²) in [5.74, 6) is -3.38. The van der Waals surface area contributed by atoms with E-state index >= 15 is 13.2 Å². The van der Waals surface area contributed by atoms with Crippen molar-refractivity contribution in [3.05, 3.63) is 83.9 Å². The van der Waals surface area contributed by atoms with Crippen LogP contribution in [0.15, 0.2) is 61.2 Å². The van der Waals surface area contributed by atoms with E-state index in [1.54, 1.807) is 6.07 Å². The third-order valence-corrected chi connectivity index (χ3v) is 6.07. The standard InChI is InChI=1S/C22H20F5N4O2/c1-14-20(10-30-13-28-12-29-30)33-11-19(17-8-7-16(23)9-18(17)24)31(14,22(25,26)27)21(32)15-5-3-2-4-6-15/h2-9,12-14,19-20H,10-11H2,1H3/q+1. The van der Waals surface area contributed by atoms with Crippen LogP contribution in [0.2, 0.25) is 0 Å². The number of amides is 1. The largest absolute Gasteiger partial charge is 0.569 e. The van der Waals surface area contributed by atoms with Crippen molar-refractivity contribution >= 4 is 5.91 Å².